The van der Waals surface area contributed by atoms with Crippen molar-refractivity contribution in [2.75, 3.05) is 0 Å². The smallest absolute Gasteiger partial charge is 0.244 e. The van der Waals surface area contributed by atoms with Gasteiger partial charge in [0.25, 0.3) is 0 Å². The fourth-order valence-electron chi connectivity index (χ4n) is 1.92. The van der Waals surface area contributed by atoms with E-state index in [1.807, 2.05) is 26.0 Å². The van der Waals surface area contributed by atoms with Crippen molar-refractivity contribution in [1.29, 1.82) is 0 Å². The fourth-order valence-corrected chi connectivity index (χ4v) is 2.15. The molecular formula is C15H20BrN3O. The van der Waals surface area contributed by atoms with Crippen LogP contribution in [0.2, 0.25) is 0 Å². The first kappa shape index (κ1) is 15.2. The highest BCUT2D eigenvalue weighted by Crippen LogP contribution is 2.31. The first-order chi connectivity index (χ1) is 9.20. The topological polar surface area (TPSA) is 64.9 Å². The van der Waals surface area contributed by atoms with E-state index in [2.05, 4.69) is 46.8 Å². The Morgan fingerprint density at radius 3 is 2.25 bits per heavy atom. The molecule has 0 aliphatic rings. The predicted octanol–water partition coefficient (Wildman–Crippen LogP) is 4.16. The van der Waals surface area contributed by atoms with Crippen LogP contribution in [0, 0.1) is 19.3 Å². The predicted molar refractivity (Wildman–Crippen MR) is 83.3 cm³/mol. The van der Waals surface area contributed by atoms with Gasteiger partial charge in [-0.3, -0.25) is 0 Å². The van der Waals surface area contributed by atoms with E-state index in [1.54, 1.807) is 0 Å². The molecule has 108 valence electrons. The zero-order valence-corrected chi connectivity index (χ0v) is 14.1. The highest BCUT2D eigenvalue weighted by molar-refractivity contribution is 9.10. The van der Waals surface area contributed by atoms with Crippen molar-refractivity contribution in [3.05, 3.63) is 33.6 Å². The van der Waals surface area contributed by atoms with Crippen LogP contribution in [-0.2, 0) is 0 Å². The number of hydrogen-bond donors (Lipinski definition) is 1. The molecule has 2 aromatic rings. The van der Waals surface area contributed by atoms with Crippen LogP contribution in [0.4, 0.5) is 0 Å². The molecule has 0 fully saturated rings. The largest absolute Gasteiger partial charge is 0.337 e. The van der Waals surface area contributed by atoms with Gasteiger partial charge in [0.05, 0.1) is 6.04 Å². The third-order valence-electron chi connectivity index (χ3n) is 3.34. The first-order valence-corrected chi connectivity index (χ1v) is 7.35. The summed E-state index contributed by atoms with van der Waals surface area (Å²) in [5.74, 6) is 1.06. The summed E-state index contributed by atoms with van der Waals surface area (Å²) >= 11 is 3.56. The Morgan fingerprint density at radius 2 is 1.75 bits per heavy atom. The number of nitrogens with two attached hydrogens (primary N) is 1. The number of halogens is 1. The lowest BCUT2D eigenvalue weighted by Crippen LogP contribution is -2.26. The summed E-state index contributed by atoms with van der Waals surface area (Å²) in [4.78, 5) is 4.44. The molecule has 0 aliphatic heterocycles. The Kier molecular flexibility index (Phi) is 4.02. The van der Waals surface area contributed by atoms with Crippen molar-refractivity contribution >= 4 is 15.9 Å². The molecule has 0 aliphatic carbocycles. The Hall–Kier alpha value is -1.20. The van der Waals surface area contributed by atoms with E-state index in [-0.39, 0.29) is 11.5 Å². The Labute approximate surface area is 127 Å². The van der Waals surface area contributed by atoms with E-state index in [0.29, 0.717) is 11.7 Å². The maximum absolute atomic E-state index is 6.14. The number of nitrogens with zero attached hydrogens (tertiary/aromatic N) is 2. The molecule has 0 radical (unpaired) electrons. The molecule has 4 nitrogen and oxygen atoms in total. The van der Waals surface area contributed by atoms with Gasteiger partial charge in [-0.15, -0.1) is 0 Å². The maximum Gasteiger partial charge on any atom is 0.244 e. The van der Waals surface area contributed by atoms with Crippen LogP contribution in [0.25, 0.3) is 11.4 Å². The minimum absolute atomic E-state index is 0.116. The number of aryl methyl sites for hydroxylation is 2. The summed E-state index contributed by atoms with van der Waals surface area (Å²) < 4.78 is 6.43. The molecule has 1 unspecified atom stereocenters. The summed E-state index contributed by atoms with van der Waals surface area (Å²) in [6, 6.07) is 3.80. The van der Waals surface area contributed by atoms with E-state index in [0.717, 1.165) is 21.2 Å². The minimum atomic E-state index is -0.276. The van der Waals surface area contributed by atoms with Crippen molar-refractivity contribution < 1.29 is 4.52 Å². The van der Waals surface area contributed by atoms with Crippen molar-refractivity contribution in [3.63, 3.8) is 0 Å². The van der Waals surface area contributed by atoms with Gasteiger partial charge in [-0.2, -0.15) is 4.98 Å². The number of rotatable bonds is 2. The fraction of sp³-hybridized carbons (Fsp3) is 0.467. The summed E-state index contributed by atoms with van der Waals surface area (Å²) in [6.45, 7) is 10.2. The average molecular weight is 338 g/mol. The Bertz CT molecular complexity index is 605. The Balaban J connectivity index is 2.39. The lowest BCUT2D eigenvalue weighted by atomic mass is 9.87. The quantitative estimate of drug-likeness (QED) is 0.893. The highest BCUT2D eigenvalue weighted by atomic mass is 79.9. The molecule has 1 heterocycles. The second kappa shape index (κ2) is 5.30. The van der Waals surface area contributed by atoms with Crippen LogP contribution in [0.5, 0.6) is 0 Å². The second-order valence-electron chi connectivity index (χ2n) is 6.22. The van der Waals surface area contributed by atoms with Crippen LogP contribution in [-0.4, -0.2) is 10.1 Å². The lowest BCUT2D eigenvalue weighted by molar-refractivity contribution is 0.253. The standard InChI is InChI=1S/C15H20BrN3O/c1-8-6-10(7-9(2)11(8)16)13-18-14(20-19-13)12(17)15(3,4)5/h6-7,12H,17H2,1-5H3. The van der Waals surface area contributed by atoms with E-state index in [1.165, 1.54) is 0 Å². The van der Waals surface area contributed by atoms with Gasteiger partial charge in [0, 0.05) is 10.0 Å². The van der Waals surface area contributed by atoms with Gasteiger partial charge in [0.2, 0.25) is 11.7 Å². The monoisotopic (exact) mass is 337 g/mol. The summed E-state index contributed by atoms with van der Waals surface area (Å²) in [6.07, 6.45) is 0. The molecule has 0 spiro atoms. The van der Waals surface area contributed by atoms with E-state index in [9.17, 15) is 0 Å². The molecule has 1 aromatic carbocycles. The van der Waals surface area contributed by atoms with Crippen LogP contribution >= 0.6 is 15.9 Å². The molecule has 1 atom stereocenters. The van der Waals surface area contributed by atoms with Crippen molar-refractivity contribution in [1.82, 2.24) is 10.1 Å². The van der Waals surface area contributed by atoms with Gasteiger partial charge in [-0.05, 0) is 42.5 Å². The van der Waals surface area contributed by atoms with E-state index in [4.69, 9.17) is 10.3 Å². The second-order valence-corrected chi connectivity index (χ2v) is 7.02. The van der Waals surface area contributed by atoms with Crippen molar-refractivity contribution in [2.45, 2.75) is 40.7 Å². The molecule has 0 saturated heterocycles. The minimum Gasteiger partial charge on any atom is -0.337 e. The molecular weight excluding hydrogens is 318 g/mol. The average Bonchev–Trinajstić information content (AvgIpc) is 2.82. The summed E-state index contributed by atoms with van der Waals surface area (Å²) in [5.41, 5.74) is 9.26. The molecule has 20 heavy (non-hydrogen) atoms. The van der Waals surface area contributed by atoms with Gasteiger partial charge in [0.1, 0.15) is 0 Å². The van der Waals surface area contributed by atoms with Crippen LogP contribution in [0.15, 0.2) is 21.1 Å². The number of hydrogen-bond acceptors (Lipinski definition) is 4. The zero-order chi connectivity index (χ0) is 15.1. The molecule has 0 bridgehead atoms. The number of aromatic nitrogens is 2. The third kappa shape index (κ3) is 2.94. The SMILES string of the molecule is Cc1cc(-c2noc(C(N)C(C)(C)C)n2)cc(C)c1Br. The molecule has 0 amide bonds. The first-order valence-electron chi connectivity index (χ1n) is 6.56. The molecule has 1 aromatic heterocycles. The molecule has 5 heteroatoms. The van der Waals surface area contributed by atoms with Crippen molar-refractivity contribution in [2.24, 2.45) is 11.1 Å². The summed E-state index contributed by atoms with van der Waals surface area (Å²) in [7, 11) is 0. The zero-order valence-electron chi connectivity index (χ0n) is 12.5. The lowest BCUT2D eigenvalue weighted by Gasteiger charge is -2.23. The van der Waals surface area contributed by atoms with Gasteiger partial charge in [0.15, 0.2) is 0 Å². The molecule has 2 N–H and O–H groups in total. The van der Waals surface area contributed by atoms with E-state index < -0.39 is 0 Å². The van der Waals surface area contributed by atoms with Crippen molar-refractivity contribution in [3.8, 4) is 11.4 Å². The van der Waals surface area contributed by atoms with Crippen LogP contribution < -0.4 is 5.73 Å². The highest BCUT2D eigenvalue weighted by Gasteiger charge is 2.27. The van der Waals surface area contributed by atoms with Crippen LogP contribution in [0.1, 0.15) is 43.8 Å². The third-order valence-corrected chi connectivity index (χ3v) is 4.59. The maximum atomic E-state index is 6.14. The molecule has 2 rings (SSSR count). The van der Waals surface area contributed by atoms with Crippen LogP contribution in [0.3, 0.4) is 0 Å². The van der Waals surface area contributed by atoms with Gasteiger partial charge >= 0.3 is 0 Å². The van der Waals surface area contributed by atoms with Gasteiger partial charge in [-0.25, -0.2) is 0 Å². The van der Waals surface area contributed by atoms with Gasteiger partial charge in [-0.1, -0.05) is 41.9 Å². The number of benzene rings is 1. The van der Waals surface area contributed by atoms with Gasteiger partial charge < -0.3 is 10.3 Å². The Morgan fingerprint density at radius 1 is 1.20 bits per heavy atom. The molecule has 0 saturated carbocycles. The van der Waals surface area contributed by atoms with E-state index >= 15 is 0 Å². The summed E-state index contributed by atoms with van der Waals surface area (Å²) in [5, 5.41) is 4.05. The normalized spacial score (nSPS) is 13.6.